The molecule has 0 aromatic heterocycles. The minimum Gasteiger partial charge on any atom is -0.481 e. The van der Waals surface area contributed by atoms with Crippen LogP contribution in [0.4, 0.5) is 0 Å². The van der Waals surface area contributed by atoms with E-state index in [1.807, 2.05) is 4.90 Å². The number of carbonyl (C=O) groups excluding carboxylic acids is 5. The van der Waals surface area contributed by atoms with Crippen molar-refractivity contribution in [2.24, 2.45) is 0 Å². The number of carbonyl (C=O) groups is 7. The zero-order chi connectivity index (χ0) is 55.1. The lowest BCUT2D eigenvalue weighted by atomic mass is 10.1. The van der Waals surface area contributed by atoms with E-state index in [-0.39, 0.29) is 42.1 Å². The first kappa shape index (κ1) is 73.7. The third-order valence-electron chi connectivity index (χ3n) is 12.1. The number of ketones is 2. The number of nitrogens with one attached hydrogen (secondary N) is 3. The van der Waals surface area contributed by atoms with Gasteiger partial charge in [-0.2, -0.15) is 75.8 Å². The first-order valence-corrected chi connectivity index (χ1v) is 30.3. The number of thiol groups is 6. The minimum atomic E-state index is -0.864. The van der Waals surface area contributed by atoms with Gasteiger partial charge in [0.2, 0.25) is 17.7 Å². The van der Waals surface area contributed by atoms with E-state index >= 15 is 0 Å². The molecule has 1 rings (SSSR count). The molecule has 16 nitrogen and oxygen atoms in total. The van der Waals surface area contributed by atoms with Crippen LogP contribution in [0.15, 0.2) is 0 Å². The van der Waals surface area contributed by atoms with E-state index in [1.165, 1.54) is 6.92 Å². The number of carboxylic acids is 2. The van der Waals surface area contributed by atoms with Crippen LogP contribution >= 0.6 is 75.8 Å². The van der Waals surface area contributed by atoms with Crippen LogP contribution in [-0.4, -0.2) is 202 Å². The largest absolute Gasteiger partial charge is 0.481 e. The topological polar surface area (TPSA) is 209 Å². The van der Waals surface area contributed by atoms with Crippen LogP contribution < -0.4 is 16.0 Å². The number of nitrogens with zero attached hydrogens (tertiary/aromatic N) is 4. The number of hydrogen-bond donors (Lipinski definition) is 11. The molecule has 73 heavy (non-hydrogen) atoms. The number of Topliss-reactive ketones (excluding diaryl/α,β-unsaturated/α-hetero) is 2. The predicted octanol–water partition coefficient (Wildman–Crippen LogP) is 6.38. The molecule has 5 N–H and O–H groups in total. The Kier molecular flexibility index (Phi) is 51.9. The van der Waals surface area contributed by atoms with Crippen LogP contribution in [-0.2, 0) is 33.6 Å². The molecule has 3 unspecified atom stereocenters. The van der Waals surface area contributed by atoms with Crippen molar-refractivity contribution in [2.45, 2.75) is 165 Å². The number of unbranched alkanes of at least 4 members (excludes halogenated alkanes) is 3. The van der Waals surface area contributed by atoms with Gasteiger partial charge >= 0.3 is 11.9 Å². The molecule has 22 heteroatoms. The summed E-state index contributed by atoms with van der Waals surface area (Å²) in [5.74, 6) is 1.49. The van der Waals surface area contributed by atoms with E-state index in [0.717, 1.165) is 153 Å². The van der Waals surface area contributed by atoms with Crippen LogP contribution in [0.3, 0.4) is 0 Å². The molecule has 0 saturated carbocycles. The smallest absolute Gasteiger partial charge is 0.304 e. The Morgan fingerprint density at radius 1 is 0.452 bits per heavy atom. The molecule has 1 heterocycles. The fourth-order valence-electron chi connectivity index (χ4n) is 7.56. The zero-order valence-electron chi connectivity index (χ0n) is 44.8. The Morgan fingerprint density at radius 2 is 0.795 bits per heavy atom. The van der Waals surface area contributed by atoms with Crippen LogP contribution in [0.2, 0.25) is 0 Å². The molecule has 0 radical (unpaired) electrons. The van der Waals surface area contributed by atoms with Gasteiger partial charge in [-0.25, -0.2) is 0 Å². The molecule has 1 aliphatic rings. The van der Waals surface area contributed by atoms with E-state index in [1.54, 1.807) is 6.92 Å². The maximum Gasteiger partial charge on any atom is 0.304 e. The lowest BCUT2D eigenvalue weighted by Gasteiger charge is -2.34. The molecule has 1 saturated heterocycles. The summed E-state index contributed by atoms with van der Waals surface area (Å²) in [5.41, 5.74) is 0. The van der Waals surface area contributed by atoms with Gasteiger partial charge in [0.1, 0.15) is 11.6 Å². The maximum absolute atomic E-state index is 11.9. The normalized spacial score (nSPS) is 14.0. The molecule has 428 valence electrons. The van der Waals surface area contributed by atoms with Crippen LogP contribution in [0.25, 0.3) is 0 Å². The fourth-order valence-corrected chi connectivity index (χ4v) is 10.0. The van der Waals surface area contributed by atoms with Gasteiger partial charge in [0.15, 0.2) is 0 Å². The summed E-state index contributed by atoms with van der Waals surface area (Å²) in [6, 6.07) is 0. The van der Waals surface area contributed by atoms with Crippen molar-refractivity contribution < 1.29 is 43.8 Å². The molecule has 0 spiro atoms. The summed E-state index contributed by atoms with van der Waals surface area (Å²) >= 11 is 26.0. The Hall–Kier alpha value is -1.37. The molecular formula is C51H99N7O9S6. The van der Waals surface area contributed by atoms with Crippen LogP contribution in [0.5, 0.6) is 0 Å². The molecular weight excluding hydrogens is 1050 g/mol. The number of rotatable bonds is 44. The van der Waals surface area contributed by atoms with Crippen molar-refractivity contribution in [1.29, 1.82) is 0 Å². The van der Waals surface area contributed by atoms with Gasteiger partial charge in [-0.05, 0) is 102 Å². The molecule has 0 bridgehead atoms. The molecule has 0 aromatic carbocycles. The van der Waals surface area contributed by atoms with E-state index in [2.05, 4.69) is 113 Å². The third-order valence-corrected chi connectivity index (χ3v) is 14.4. The molecule has 1 aliphatic heterocycles. The summed E-state index contributed by atoms with van der Waals surface area (Å²) in [5, 5.41) is 27.4. The van der Waals surface area contributed by atoms with Crippen LogP contribution in [0, 0.1) is 0 Å². The number of hydrogen-bond acceptors (Lipinski definition) is 17. The average Bonchev–Trinajstić information content (AvgIpc) is 3.33. The summed E-state index contributed by atoms with van der Waals surface area (Å²) in [6.07, 6.45) is 15.6. The predicted molar refractivity (Wildman–Crippen MR) is 319 cm³/mol. The Bertz CT molecular complexity index is 1440. The highest BCUT2D eigenvalue weighted by Crippen LogP contribution is 2.15. The average molecular weight is 1150 g/mol. The monoisotopic (exact) mass is 1150 g/mol. The van der Waals surface area contributed by atoms with Gasteiger partial charge in [0.05, 0.1) is 12.8 Å². The van der Waals surface area contributed by atoms with E-state index in [4.69, 9.17) is 10.2 Å². The maximum atomic E-state index is 11.9. The lowest BCUT2D eigenvalue weighted by Crippen LogP contribution is -2.48. The number of aliphatic carboxylic acids is 2. The standard InChI is InChI=1S/C18H35N3O2S2.C17H32N2O4S2.C16H32N2O3S2/c1-16(22)6-9-20-11-13-21(14-12-20)10-8-19-18(23)5-3-2-4-17(25)7-15-24;1-14(20)6-10-19(11-7-17(22)23)12-9-18-16(21)5-3-2-4-15(25)8-13-24;1-2-10-18(11-7-16(20)21)12-9-17-15(19)6-4-3-5-14(23)8-13-22/h17,24-25H,2-15H2,1H3,(H,19,23);15,24-25H,2-13H2,1H3,(H,18,21)(H,22,23);14,22-23H,2-13H2,1H3,(H,17,19)(H,20,21). The van der Waals surface area contributed by atoms with Crippen molar-refractivity contribution in [3.05, 3.63) is 0 Å². The molecule has 1 fully saturated rings. The van der Waals surface area contributed by atoms with Gasteiger partial charge in [0.25, 0.3) is 0 Å². The number of piperazine rings is 1. The van der Waals surface area contributed by atoms with Gasteiger partial charge < -0.3 is 40.9 Å². The Balaban J connectivity index is 0. The third kappa shape index (κ3) is 52.5. The van der Waals surface area contributed by atoms with Gasteiger partial charge in [-0.1, -0.05) is 26.2 Å². The van der Waals surface area contributed by atoms with Crippen molar-refractivity contribution in [3.63, 3.8) is 0 Å². The van der Waals surface area contributed by atoms with Crippen molar-refractivity contribution in [1.82, 2.24) is 35.6 Å². The number of carboxylic acid groups (broad SMARTS) is 2. The molecule has 0 aliphatic carbocycles. The SMILES string of the molecule is CC(=O)CCN(CCNC(=O)CCCCC(S)CCS)CCC(=O)O.CC(=O)CCN1CCN(CCNC(=O)CCCCC(S)CCS)CC1.CCCN(CCNC(=O)CCCCC(S)CCS)CCC(=O)O. The lowest BCUT2D eigenvalue weighted by molar-refractivity contribution is -0.138. The van der Waals surface area contributed by atoms with Crippen LogP contribution in [0.1, 0.15) is 149 Å². The first-order chi connectivity index (χ1) is 34.8. The second-order valence-corrected chi connectivity index (χ2v) is 22.4. The second-order valence-electron chi connectivity index (χ2n) is 18.8. The van der Waals surface area contributed by atoms with Gasteiger partial charge in [0, 0.05) is 139 Å². The summed E-state index contributed by atoms with van der Waals surface area (Å²) in [7, 11) is 0. The van der Waals surface area contributed by atoms with E-state index < -0.39 is 11.9 Å². The highest BCUT2D eigenvalue weighted by atomic mass is 32.1. The first-order valence-electron chi connectivity index (χ1n) is 26.8. The Morgan fingerprint density at radius 3 is 1.14 bits per heavy atom. The van der Waals surface area contributed by atoms with Crippen molar-refractivity contribution in [3.8, 4) is 0 Å². The fraction of sp³-hybridized carbons (Fsp3) is 0.863. The van der Waals surface area contributed by atoms with Crippen molar-refractivity contribution >= 4 is 117 Å². The summed E-state index contributed by atoms with van der Waals surface area (Å²) < 4.78 is 0. The summed E-state index contributed by atoms with van der Waals surface area (Å²) in [6.45, 7) is 16.4. The van der Waals surface area contributed by atoms with Crippen molar-refractivity contribution in [2.75, 3.05) is 115 Å². The van der Waals surface area contributed by atoms with E-state index in [9.17, 15) is 33.6 Å². The highest BCUT2D eigenvalue weighted by molar-refractivity contribution is 7.82. The number of amides is 3. The molecule has 3 atom stereocenters. The van der Waals surface area contributed by atoms with Gasteiger partial charge in [-0.3, -0.25) is 38.5 Å². The Labute approximate surface area is 473 Å². The van der Waals surface area contributed by atoms with E-state index in [0.29, 0.717) is 93.7 Å². The zero-order valence-corrected chi connectivity index (χ0v) is 50.2. The highest BCUT2D eigenvalue weighted by Gasteiger charge is 2.17. The molecule has 0 aromatic rings. The summed E-state index contributed by atoms with van der Waals surface area (Å²) in [4.78, 5) is 87.6. The quantitative estimate of drug-likeness (QED) is 0.0237. The molecule has 3 amide bonds. The second kappa shape index (κ2) is 51.4. The minimum absolute atomic E-state index is 0.00895. The van der Waals surface area contributed by atoms with Gasteiger partial charge in [-0.15, -0.1) is 0 Å².